The Labute approximate surface area is 145 Å². The fourth-order valence-corrected chi connectivity index (χ4v) is 3.05. The number of anilines is 1. The van der Waals surface area contributed by atoms with Gasteiger partial charge in [-0.3, -0.25) is 9.59 Å². The smallest absolute Gasteiger partial charge is 0.253 e. The average Bonchev–Trinajstić information content (AvgIpc) is 3.18. The second kappa shape index (κ2) is 7.05. The zero-order chi connectivity index (χ0) is 17.1. The number of aromatic nitrogens is 2. The van der Waals surface area contributed by atoms with Gasteiger partial charge in [0.15, 0.2) is 0 Å². The van der Waals surface area contributed by atoms with Gasteiger partial charge in [0.2, 0.25) is 5.91 Å². The molecule has 6 nitrogen and oxygen atoms in total. The first kappa shape index (κ1) is 16.5. The molecular weight excluding hydrogens is 328 g/mol. The van der Waals surface area contributed by atoms with Crippen molar-refractivity contribution in [1.29, 1.82) is 0 Å². The van der Waals surface area contributed by atoms with Crippen LogP contribution in [-0.4, -0.2) is 34.0 Å². The Morgan fingerprint density at radius 2 is 2.29 bits per heavy atom. The number of rotatable bonds is 5. The lowest BCUT2D eigenvalue weighted by atomic mass is 10.1. The molecule has 1 aliphatic rings. The molecule has 1 aromatic carbocycles. The van der Waals surface area contributed by atoms with Gasteiger partial charge in [-0.05, 0) is 31.5 Å². The summed E-state index contributed by atoms with van der Waals surface area (Å²) >= 11 is 6.07. The van der Waals surface area contributed by atoms with Gasteiger partial charge in [0.1, 0.15) is 0 Å². The van der Waals surface area contributed by atoms with Gasteiger partial charge in [0.25, 0.3) is 5.91 Å². The molecule has 0 saturated carbocycles. The Morgan fingerprint density at radius 1 is 1.46 bits per heavy atom. The number of hydrogen-bond acceptors (Lipinski definition) is 3. The van der Waals surface area contributed by atoms with Gasteiger partial charge in [0, 0.05) is 43.0 Å². The van der Waals surface area contributed by atoms with E-state index in [1.807, 2.05) is 17.7 Å². The third kappa shape index (κ3) is 3.59. The largest absolute Gasteiger partial charge is 0.348 e. The second-order valence-corrected chi connectivity index (χ2v) is 6.38. The number of halogens is 1. The highest BCUT2D eigenvalue weighted by Gasteiger charge is 2.26. The zero-order valence-corrected chi connectivity index (χ0v) is 14.2. The normalized spacial score (nSPS) is 15.6. The van der Waals surface area contributed by atoms with Crippen LogP contribution in [0.4, 0.5) is 5.69 Å². The van der Waals surface area contributed by atoms with E-state index in [-0.39, 0.29) is 17.9 Å². The predicted octanol–water partition coefficient (Wildman–Crippen LogP) is 2.48. The molecule has 24 heavy (non-hydrogen) atoms. The minimum absolute atomic E-state index is 0.0257. The van der Waals surface area contributed by atoms with Crippen LogP contribution in [0.3, 0.4) is 0 Å². The number of hydrogen-bond donors (Lipinski definition) is 1. The maximum atomic E-state index is 12.7. The lowest BCUT2D eigenvalue weighted by Crippen LogP contribution is -2.37. The van der Waals surface area contributed by atoms with E-state index in [1.54, 1.807) is 35.6 Å². The van der Waals surface area contributed by atoms with Gasteiger partial charge >= 0.3 is 0 Å². The van der Waals surface area contributed by atoms with Gasteiger partial charge < -0.3 is 14.8 Å². The Bertz CT molecular complexity index is 745. The fourth-order valence-electron chi connectivity index (χ4n) is 2.88. The summed E-state index contributed by atoms with van der Waals surface area (Å²) in [6.07, 6.45) is 6.55. The average molecular weight is 347 g/mol. The van der Waals surface area contributed by atoms with Crippen molar-refractivity contribution in [3.05, 3.63) is 47.5 Å². The summed E-state index contributed by atoms with van der Waals surface area (Å²) < 4.78 is 1.90. The molecule has 1 fully saturated rings. The van der Waals surface area contributed by atoms with E-state index < -0.39 is 0 Å². The molecule has 1 aliphatic heterocycles. The third-order valence-corrected chi connectivity index (χ3v) is 4.23. The van der Waals surface area contributed by atoms with Crippen molar-refractivity contribution in [2.75, 3.05) is 11.4 Å². The summed E-state index contributed by atoms with van der Waals surface area (Å²) in [6.45, 7) is 3.16. The van der Waals surface area contributed by atoms with Crippen LogP contribution in [0.5, 0.6) is 0 Å². The number of carbonyl (C=O) groups excluding carboxylic acids is 2. The van der Waals surface area contributed by atoms with E-state index in [2.05, 4.69) is 10.3 Å². The molecular formula is C17H19ClN4O2. The summed E-state index contributed by atoms with van der Waals surface area (Å²) in [7, 11) is 0. The first-order valence-corrected chi connectivity index (χ1v) is 8.29. The Balaban J connectivity index is 1.78. The topological polar surface area (TPSA) is 67.2 Å². The number of nitrogens with one attached hydrogen (secondary N) is 1. The Hall–Kier alpha value is -2.34. The standard InChI is InChI=1S/C17H19ClN4O2/c1-12(10-21-8-6-19-11-21)20-17(24)14-5-4-13(18)9-15(14)22-7-2-3-16(22)23/h4-6,8-9,11-12H,2-3,7,10H2,1H3,(H,20,24). The van der Waals surface area contributed by atoms with Gasteiger partial charge in [-0.2, -0.15) is 0 Å². The SMILES string of the molecule is CC(Cn1ccnc1)NC(=O)c1ccc(Cl)cc1N1CCCC1=O. The number of benzene rings is 1. The number of carbonyl (C=O) groups is 2. The van der Waals surface area contributed by atoms with Crippen LogP contribution in [0.1, 0.15) is 30.1 Å². The van der Waals surface area contributed by atoms with Crippen LogP contribution in [0.25, 0.3) is 0 Å². The van der Waals surface area contributed by atoms with Crippen molar-refractivity contribution in [2.24, 2.45) is 0 Å². The first-order chi connectivity index (χ1) is 11.5. The highest BCUT2D eigenvalue weighted by atomic mass is 35.5. The van der Waals surface area contributed by atoms with Crippen molar-refractivity contribution in [3.63, 3.8) is 0 Å². The Kier molecular flexibility index (Phi) is 4.85. The fraction of sp³-hybridized carbons (Fsp3) is 0.353. The van der Waals surface area contributed by atoms with Crippen molar-refractivity contribution < 1.29 is 9.59 Å². The predicted molar refractivity (Wildman–Crippen MR) is 92.2 cm³/mol. The molecule has 0 radical (unpaired) electrons. The third-order valence-electron chi connectivity index (χ3n) is 3.99. The molecule has 0 spiro atoms. The van der Waals surface area contributed by atoms with E-state index in [9.17, 15) is 9.59 Å². The number of nitrogens with zero attached hydrogens (tertiary/aromatic N) is 3. The maximum Gasteiger partial charge on any atom is 0.253 e. The molecule has 2 aromatic rings. The molecule has 7 heteroatoms. The summed E-state index contributed by atoms with van der Waals surface area (Å²) in [5, 5.41) is 3.47. The molecule has 0 aliphatic carbocycles. The molecule has 2 heterocycles. The van der Waals surface area contributed by atoms with Crippen LogP contribution in [0.15, 0.2) is 36.9 Å². The van der Waals surface area contributed by atoms with Crippen LogP contribution in [-0.2, 0) is 11.3 Å². The molecule has 1 N–H and O–H groups in total. The van der Waals surface area contributed by atoms with Crippen LogP contribution >= 0.6 is 11.6 Å². The van der Waals surface area contributed by atoms with Gasteiger partial charge in [0.05, 0.1) is 17.6 Å². The molecule has 0 bridgehead atoms. The van der Waals surface area contributed by atoms with Crippen LogP contribution in [0.2, 0.25) is 5.02 Å². The molecule has 2 amide bonds. The zero-order valence-electron chi connectivity index (χ0n) is 13.4. The van der Waals surface area contributed by atoms with E-state index in [4.69, 9.17) is 11.6 Å². The number of imidazole rings is 1. The van der Waals surface area contributed by atoms with Gasteiger partial charge in [-0.1, -0.05) is 11.6 Å². The maximum absolute atomic E-state index is 12.7. The van der Waals surface area contributed by atoms with E-state index >= 15 is 0 Å². The minimum Gasteiger partial charge on any atom is -0.348 e. The first-order valence-electron chi connectivity index (χ1n) is 7.91. The quantitative estimate of drug-likeness (QED) is 0.904. The van der Waals surface area contributed by atoms with E-state index in [0.29, 0.717) is 35.8 Å². The summed E-state index contributed by atoms with van der Waals surface area (Å²) in [5.74, 6) is -0.188. The molecule has 1 atom stereocenters. The summed E-state index contributed by atoms with van der Waals surface area (Å²) in [6, 6.07) is 4.94. The lowest BCUT2D eigenvalue weighted by molar-refractivity contribution is -0.117. The molecule has 3 rings (SSSR count). The Morgan fingerprint density at radius 3 is 2.96 bits per heavy atom. The van der Waals surface area contributed by atoms with Crippen LogP contribution in [0, 0.1) is 0 Å². The van der Waals surface area contributed by atoms with Crippen molar-refractivity contribution in [1.82, 2.24) is 14.9 Å². The molecule has 126 valence electrons. The van der Waals surface area contributed by atoms with Crippen LogP contribution < -0.4 is 10.2 Å². The van der Waals surface area contributed by atoms with Crippen molar-refractivity contribution >= 4 is 29.1 Å². The summed E-state index contributed by atoms with van der Waals surface area (Å²) in [5.41, 5.74) is 1.05. The van der Waals surface area contributed by atoms with Crippen molar-refractivity contribution in [3.8, 4) is 0 Å². The van der Waals surface area contributed by atoms with E-state index in [1.165, 1.54) is 0 Å². The monoisotopic (exact) mass is 346 g/mol. The van der Waals surface area contributed by atoms with Gasteiger partial charge in [-0.25, -0.2) is 4.98 Å². The van der Waals surface area contributed by atoms with E-state index in [0.717, 1.165) is 6.42 Å². The minimum atomic E-state index is -0.214. The molecule has 1 unspecified atom stereocenters. The number of amides is 2. The highest BCUT2D eigenvalue weighted by molar-refractivity contribution is 6.31. The molecule has 1 aromatic heterocycles. The van der Waals surface area contributed by atoms with Gasteiger partial charge in [-0.15, -0.1) is 0 Å². The summed E-state index contributed by atoms with van der Waals surface area (Å²) in [4.78, 5) is 30.3. The highest BCUT2D eigenvalue weighted by Crippen LogP contribution is 2.28. The van der Waals surface area contributed by atoms with Crippen molar-refractivity contribution in [2.45, 2.75) is 32.4 Å². The molecule has 1 saturated heterocycles. The second-order valence-electron chi connectivity index (χ2n) is 5.94. The lowest BCUT2D eigenvalue weighted by Gasteiger charge is -2.21.